The molecule has 7 nitrogen and oxygen atoms in total. The molecule has 2 aliphatic heterocycles. The Balaban J connectivity index is 1.51. The summed E-state index contributed by atoms with van der Waals surface area (Å²) >= 11 is 0. The van der Waals surface area contributed by atoms with Gasteiger partial charge >= 0.3 is 0 Å². The van der Waals surface area contributed by atoms with Crippen molar-refractivity contribution in [1.29, 1.82) is 0 Å². The summed E-state index contributed by atoms with van der Waals surface area (Å²) in [6.07, 6.45) is 5.39. The lowest BCUT2D eigenvalue weighted by atomic mass is 9.74. The Bertz CT molecular complexity index is 710. The number of nitrogens with one attached hydrogen (secondary N) is 2. The van der Waals surface area contributed by atoms with Crippen molar-refractivity contribution in [2.24, 2.45) is 4.99 Å². The van der Waals surface area contributed by atoms with Crippen molar-refractivity contribution in [1.82, 2.24) is 10.6 Å². The highest BCUT2D eigenvalue weighted by atomic mass is 16.7. The van der Waals surface area contributed by atoms with Crippen LogP contribution in [-0.4, -0.2) is 56.3 Å². The monoisotopic (exact) mass is 403 g/mol. The van der Waals surface area contributed by atoms with Crippen molar-refractivity contribution in [2.45, 2.75) is 63.0 Å². The van der Waals surface area contributed by atoms with Gasteiger partial charge in [0.15, 0.2) is 17.5 Å². The lowest BCUT2D eigenvalue weighted by Crippen LogP contribution is -2.46. The number of aliphatic hydroxyl groups is 1. The Hall–Kier alpha value is -1.99. The maximum Gasteiger partial charge on any atom is 0.231 e. The predicted molar refractivity (Wildman–Crippen MR) is 112 cm³/mol. The number of benzene rings is 1. The second-order valence-corrected chi connectivity index (χ2v) is 8.31. The number of hydrogen-bond acceptors (Lipinski definition) is 5. The molecule has 29 heavy (non-hydrogen) atoms. The van der Waals surface area contributed by atoms with Crippen LogP contribution in [0.4, 0.5) is 0 Å². The zero-order chi connectivity index (χ0) is 20.1. The molecular weight excluding hydrogens is 370 g/mol. The minimum absolute atomic E-state index is 0.0651. The minimum Gasteiger partial charge on any atom is -0.454 e. The van der Waals surface area contributed by atoms with Gasteiger partial charge in [-0.05, 0) is 63.1 Å². The van der Waals surface area contributed by atoms with Gasteiger partial charge in [-0.1, -0.05) is 6.07 Å². The highest BCUT2D eigenvalue weighted by molar-refractivity contribution is 5.80. The summed E-state index contributed by atoms with van der Waals surface area (Å²) in [6, 6.07) is 6.64. The molecule has 2 fully saturated rings. The SMILES string of the molecule is CCNC(=NCC1(c2ccc3c(c2)OCO3)CCOCC1)NC1CCC(O)CC1. The quantitative estimate of drug-likeness (QED) is 0.517. The van der Waals surface area contributed by atoms with Crippen LogP contribution in [0.15, 0.2) is 23.2 Å². The molecular formula is C22H33N3O4. The average molecular weight is 404 g/mol. The molecule has 0 bridgehead atoms. The van der Waals surface area contributed by atoms with E-state index >= 15 is 0 Å². The topological polar surface area (TPSA) is 84.3 Å². The van der Waals surface area contributed by atoms with E-state index in [1.54, 1.807) is 0 Å². The van der Waals surface area contributed by atoms with E-state index in [0.29, 0.717) is 12.6 Å². The van der Waals surface area contributed by atoms with Crippen molar-refractivity contribution in [3.63, 3.8) is 0 Å². The van der Waals surface area contributed by atoms with E-state index in [-0.39, 0.29) is 18.3 Å². The third kappa shape index (κ3) is 4.78. The third-order valence-electron chi connectivity index (χ3n) is 6.36. The Labute approximate surface area is 172 Å². The number of hydrogen-bond donors (Lipinski definition) is 3. The summed E-state index contributed by atoms with van der Waals surface area (Å²) in [5, 5.41) is 16.7. The first-order valence-electron chi connectivity index (χ1n) is 10.9. The van der Waals surface area contributed by atoms with Gasteiger partial charge in [-0.2, -0.15) is 0 Å². The lowest BCUT2D eigenvalue weighted by molar-refractivity contribution is 0.0530. The normalized spacial score (nSPS) is 26.2. The van der Waals surface area contributed by atoms with Gasteiger partial charge in [-0.15, -0.1) is 0 Å². The number of nitrogens with zero attached hydrogens (tertiary/aromatic N) is 1. The Kier molecular flexibility index (Phi) is 6.45. The lowest BCUT2D eigenvalue weighted by Gasteiger charge is -2.37. The molecule has 1 aromatic rings. The summed E-state index contributed by atoms with van der Waals surface area (Å²) in [6.45, 7) is 5.38. The fourth-order valence-corrected chi connectivity index (χ4v) is 4.49. The average Bonchev–Trinajstić information content (AvgIpc) is 3.22. The standard InChI is InChI=1S/C22H33N3O4/c1-2-23-21(25-17-4-6-18(26)7-5-17)24-14-22(9-11-27-12-10-22)16-3-8-19-20(13-16)29-15-28-19/h3,8,13,17-18,26H,2,4-7,9-12,14-15H2,1H3,(H2,23,24,25). The van der Waals surface area contributed by atoms with Gasteiger partial charge in [0.1, 0.15) is 0 Å². The van der Waals surface area contributed by atoms with Gasteiger partial charge in [0, 0.05) is 31.2 Å². The molecule has 0 atom stereocenters. The van der Waals surface area contributed by atoms with E-state index < -0.39 is 0 Å². The van der Waals surface area contributed by atoms with Gasteiger partial charge in [-0.25, -0.2) is 0 Å². The molecule has 160 valence electrons. The van der Waals surface area contributed by atoms with Crippen molar-refractivity contribution in [3.05, 3.63) is 23.8 Å². The minimum atomic E-state index is -0.149. The predicted octanol–water partition coefficient (Wildman–Crippen LogP) is 2.32. The molecule has 7 heteroatoms. The van der Waals surface area contributed by atoms with Gasteiger partial charge in [0.05, 0.1) is 12.6 Å². The van der Waals surface area contributed by atoms with Crippen LogP contribution in [0.1, 0.15) is 51.0 Å². The van der Waals surface area contributed by atoms with Crippen LogP contribution in [0.5, 0.6) is 11.5 Å². The largest absolute Gasteiger partial charge is 0.454 e. The van der Waals surface area contributed by atoms with Crippen molar-refractivity contribution >= 4 is 5.96 Å². The van der Waals surface area contributed by atoms with Crippen LogP contribution in [0, 0.1) is 0 Å². The third-order valence-corrected chi connectivity index (χ3v) is 6.36. The van der Waals surface area contributed by atoms with Crippen LogP contribution in [0.25, 0.3) is 0 Å². The van der Waals surface area contributed by atoms with Crippen molar-refractivity contribution in [2.75, 3.05) is 33.1 Å². The number of rotatable bonds is 5. The highest BCUT2D eigenvalue weighted by Gasteiger charge is 2.36. The van der Waals surface area contributed by atoms with Crippen molar-refractivity contribution in [3.8, 4) is 11.5 Å². The summed E-state index contributed by atoms with van der Waals surface area (Å²) in [7, 11) is 0. The molecule has 1 aliphatic carbocycles. The Morgan fingerprint density at radius 3 is 2.66 bits per heavy atom. The van der Waals surface area contributed by atoms with Crippen LogP contribution >= 0.6 is 0 Å². The second kappa shape index (κ2) is 9.22. The number of fused-ring (bicyclic) bond motifs is 1. The number of guanidine groups is 1. The highest BCUT2D eigenvalue weighted by Crippen LogP contribution is 2.41. The summed E-state index contributed by atoms with van der Waals surface area (Å²) in [5.74, 6) is 2.50. The van der Waals surface area contributed by atoms with E-state index in [0.717, 1.165) is 75.7 Å². The molecule has 1 saturated heterocycles. The maximum absolute atomic E-state index is 9.76. The molecule has 0 unspecified atom stereocenters. The van der Waals surface area contributed by atoms with Crippen molar-refractivity contribution < 1.29 is 19.3 Å². The number of aliphatic imine (C=N–C) groups is 1. The zero-order valence-electron chi connectivity index (χ0n) is 17.3. The van der Waals surface area contributed by atoms with Crippen LogP contribution in [-0.2, 0) is 10.2 Å². The first-order chi connectivity index (χ1) is 14.2. The molecule has 1 saturated carbocycles. The summed E-state index contributed by atoms with van der Waals surface area (Å²) in [4.78, 5) is 5.00. The Morgan fingerprint density at radius 1 is 1.14 bits per heavy atom. The Morgan fingerprint density at radius 2 is 1.90 bits per heavy atom. The van der Waals surface area contributed by atoms with Gasteiger partial charge in [-0.3, -0.25) is 4.99 Å². The molecule has 0 amide bonds. The van der Waals surface area contributed by atoms with Gasteiger partial charge in [0.25, 0.3) is 0 Å². The van der Waals surface area contributed by atoms with E-state index in [2.05, 4.69) is 29.7 Å². The molecule has 1 aromatic carbocycles. The fraction of sp³-hybridized carbons (Fsp3) is 0.682. The van der Waals surface area contributed by atoms with E-state index in [9.17, 15) is 5.11 Å². The summed E-state index contributed by atoms with van der Waals surface area (Å²) in [5.41, 5.74) is 1.18. The molecule has 0 radical (unpaired) electrons. The first kappa shape index (κ1) is 20.3. The smallest absolute Gasteiger partial charge is 0.231 e. The van der Waals surface area contributed by atoms with Gasteiger partial charge < -0.3 is 30.0 Å². The fourth-order valence-electron chi connectivity index (χ4n) is 4.49. The second-order valence-electron chi connectivity index (χ2n) is 8.31. The summed E-state index contributed by atoms with van der Waals surface area (Å²) < 4.78 is 16.8. The molecule has 2 heterocycles. The molecule has 3 N–H and O–H groups in total. The van der Waals surface area contributed by atoms with E-state index in [1.807, 2.05) is 6.07 Å². The molecule has 4 rings (SSSR count). The first-order valence-corrected chi connectivity index (χ1v) is 10.9. The molecule has 3 aliphatic rings. The zero-order valence-corrected chi connectivity index (χ0v) is 17.3. The number of aliphatic hydroxyl groups excluding tert-OH is 1. The van der Waals surface area contributed by atoms with Gasteiger partial charge in [0.2, 0.25) is 6.79 Å². The van der Waals surface area contributed by atoms with E-state index in [1.165, 1.54) is 5.56 Å². The van der Waals surface area contributed by atoms with E-state index in [4.69, 9.17) is 19.2 Å². The van der Waals surface area contributed by atoms with Crippen LogP contribution in [0.2, 0.25) is 0 Å². The maximum atomic E-state index is 9.76. The molecule has 0 spiro atoms. The van der Waals surface area contributed by atoms with Crippen LogP contribution in [0.3, 0.4) is 0 Å². The van der Waals surface area contributed by atoms with Crippen LogP contribution < -0.4 is 20.1 Å². The molecule has 0 aromatic heterocycles. The number of ether oxygens (including phenoxy) is 3.